The number of oxime groups is 1. The summed E-state index contributed by atoms with van der Waals surface area (Å²) in [6.07, 6.45) is 1.46. The van der Waals surface area contributed by atoms with Crippen molar-refractivity contribution in [2.75, 3.05) is 0 Å². The number of nitrogens with zero attached hydrogens (tertiary/aromatic N) is 2. The largest absolute Gasteiger partial charge is 0.455 e. The molecule has 3 aromatic rings. The highest BCUT2D eigenvalue weighted by molar-refractivity contribution is 9.10. The van der Waals surface area contributed by atoms with Gasteiger partial charge in [0.15, 0.2) is 0 Å². The quantitative estimate of drug-likeness (QED) is 0.324. The number of halogens is 1. The van der Waals surface area contributed by atoms with Crippen LogP contribution in [0.3, 0.4) is 0 Å². The number of non-ortho nitro benzene ring substituents is 1. The van der Waals surface area contributed by atoms with Crippen molar-refractivity contribution in [3.8, 4) is 11.3 Å². The third-order valence-corrected chi connectivity index (χ3v) is 3.89. The molecule has 3 rings (SSSR count). The number of nitro benzene ring substituents is 1. The van der Waals surface area contributed by atoms with Crippen LogP contribution < -0.4 is 0 Å². The molecule has 7 heteroatoms. The van der Waals surface area contributed by atoms with Gasteiger partial charge in [0.2, 0.25) is 0 Å². The molecule has 0 saturated carbocycles. The predicted molar refractivity (Wildman–Crippen MR) is 97.3 cm³/mol. The van der Waals surface area contributed by atoms with Crippen LogP contribution in [0.25, 0.3) is 11.3 Å². The minimum absolute atomic E-state index is 0.0234. The van der Waals surface area contributed by atoms with Crippen molar-refractivity contribution >= 4 is 27.8 Å². The molecule has 1 heterocycles. The Kier molecular flexibility index (Phi) is 5.25. The van der Waals surface area contributed by atoms with Gasteiger partial charge in [-0.2, -0.15) is 0 Å². The first-order valence-electron chi connectivity index (χ1n) is 7.36. The van der Waals surface area contributed by atoms with Crippen molar-refractivity contribution in [2.24, 2.45) is 5.16 Å². The van der Waals surface area contributed by atoms with E-state index < -0.39 is 4.92 Å². The molecule has 0 atom stereocenters. The Hall–Kier alpha value is -2.93. The van der Waals surface area contributed by atoms with E-state index in [1.165, 1.54) is 18.3 Å². The van der Waals surface area contributed by atoms with Gasteiger partial charge in [-0.15, -0.1) is 0 Å². The van der Waals surface area contributed by atoms with Gasteiger partial charge in [-0.05, 0) is 29.8 Å². The van der Waals surface area contributed by atoms with Crippen molar-refractivity contribution < 1.29 is 14.2 Å². The lowest BCUT2D eigenvalue weighted by atomic mass is 10.2. The predicted octanol–water partition coefficient (Wildman–Crippen LogP) is 5.17. The van der Waals surface area contributed by atoms with Crippen molar-refractivity contribution in [1.82, 2.24) is 0 Å². The molecule has 0 aliphatic carbocycles. The number of benzene rings is 2. The lowest BCUT2D eigenvalue weighted by molar-refractivity contribution is -0.384. The van der Waals surface area contributed by atoms with E-state index >= 15 is 0 Å². The number of hydrogen-bond acceptors (Lipinski definition) is 5. The van der Waals surface area contributed by atoms with Crippen LogP contribution in [0.2, 0.25) is 0 Å². The van der Waals surface area contributed by atoms with Gasteiger partial charge in [0.25, 0.3) is 5.69 Å². The Balaban J connectivity index is 1.59. The maximum atomic E-state index is 10.7. The SMILES string of the molecule is O=[N+]([O-])c1cccc(CO/N=C/c2ccc(-c3ccc(Br)cc3)o2)c1. The standard InChI is InChI=1S/C18H13BrN2O4/c19-15-6-4-14(5-7-15)18-9-8-17(25-18)11-20-24-12-13-2-1-3-16(10-13)21(22)23/h1-11H,12H2/b20-11+. The molecule has 0 saturated heterocycles. The molecule has 0 aliphatic rings. The van der Waals surface area contributed by atoms with Crippen LogP contribution >= 0.6 is 15.9 Å². The van der Waals surface area contributed by atoms with Crippen LogP contribution in [0.5, 0.6) is 0 Å². The van der Waals surface area contributed by atoms with Gasteiger partial charge in [0.1, 0.15) is 24.3 Å². The summed E-state index contributed by atoms with van der Waals surface area (Å²) < 4.78 is 6.68. The summed E-state index contributed by atoms with van der Waals surface area (Å²) in [5.74, 6) is 1.28. The summed E-state index contributed by atoms with van der Waals surface area (Å²) in [5, 5.41) is 14.6. The number of furan rings is 1. The first-order valence-corrected chi connectivity index (χ1v) is 8.15. The van der Waals surface area contributed by atoms with Gasteiger partial charge in [-0.25, -0.2) is 0 Å². The molecule has 0 unspecified atom stereocenters. The monoisotopic (exact) mass is 400 g/mol. The fraction of sp³-hybridized carbons (Fsp3) is 0.0556. The van der Waals surface area contributed by atoms with E-state index in [1.54, 1.807) is 18.2 Å². The molecule has 126 valence electrons. The Morgan fingerprint density at radius 3 is 2.72 bits per heavy atom. The van der Waals surface area contributed by atoms with E-state index in [2.05, 4.69) is 21.1 Å². The first kappa shape index (κ1) is 16.9. The van der Waals surface area contributed by atoms with Crippen LogP contribution in [-0.4, -0.2) is 11.1 Å². The van der Waals surface area contributed by atoms with E-state index in [1.807, 2.05) is 30.3 Å². The minimum atomic E-state index is -0.445. The molecule has 0 bridgehead atoms. The van der Waals surface area contributed by atoms with Gasteiger partial charge >= 0.3 is 0 Å². The van der Waals surface area contributed by atoms with E-state index in [4.69, 9.17) is 9.25 Å². The van der Waals surface area contributed by atoms with Gasteiger partial charge in [-0.1, -0.05) is 45.4 Å². The third-order valence-electron chi connectivity index (χ3n) is 3.36. The van der Waals surface area contributed by atoms with Crippen LogP contribution in [-0.2, 0) is 11.4 Å². The maximum Gasteiger partial charge on any atom is 0.269 e. The number of hydrogen-bond donors (Lipinski definition) is 0. The van der Waals surface area contributed by atoms with Crippen molar-refractivity contribution in [3.05, 3.63) is 86.6 Å². The molecule has 1 aromatic heterocycles. The zero-order valence-corrected chi connectivity index (χ0v) is 14.5. The smallest absolute Gasteiger partial charge is 0.269 e. The Labute approximate surface area is 152 Å². The second-order valence-electron chi connectivity index (χ2n) is 5.14. The topological polar surface area (TPSA) is 77.9 Å². The average molecular weight is 401 g/mol. The number of rotatable bonds is 6. The molecule has 0 amide bonds. The Bertz CT molecular complexity index is 903. The highest BCUT2D eigenvalue weighted by atomic mass is 79.9. The Morgan fingerprint density at radius 1 is 1.16 bits per heavy atom. The van der Waals surface area contributed by atoms with E-state index in [-0.39, 0.29) is 12.3 Å². The maximum absolute atomic E-state index is 10.7. The van der Waals surface area contributed by atoms with E-state index in [0.29, 0.717) is 11.3 Å². The molecule has 0 N–H and O–H groups in total. The number of nitro groups is 1. The summed E-state index contributed by atoms with van der Waals surface area (Å²) in [4.78, 5) is 15.5. The zero-order valence-electron chi connectivity index (χ0n) is 13.0. The summed E-state index contributed by atoms with van der Waals surface area (Å²) >= 11 is 3.39. The molecule has 0 fully saturated rings. The fourth-order valence-electron chi connectivity index (χ4n) is 2.15. The Morgan fingerprint density at radius 2 is 1.96 bits per heavy atom. The first-order chi connectivity index (χ1) is 12.1. The highest BCUT2D eigenvalue weighted by Crippen LogP contribution is 2.23. The zero-order chi connectivity index (χ0) is 17.6. The molecule has 6 nitrogen and oxygen atoms in total. The molecular weight excluding hydrogens is 388 g/mol. The van der Waals surface area contributed by atoms with Gasteiger partial charge in [-0.3, -0.25) is 10.1 Å². The molecule has 2 aromatic carbocycles. The summed E-state index contributed by atoms with van der Waals surface area (Å²) in [6, 6.07) is 17.6. The average Bonchev–Trinajstić information content (AvgIpc) is 3.08. The van der Waals surface area contributed by atoms with Crippen molar-refractivity contribution in [1.29, 1.82) is 0 Å². The van der Waals surface area contributed by atoms with E-state index in [9.17, 15) is 10.1 Å². The summed E-state index contributed by atoms with van der Waals surface area (Å²) in [5.41, 5.74) is 1.65. The summed E-state index contributed by atoms with van der Waals surface area (Å²) in [7, 11) is 0. The van der Waals surface area contributed by atoms with Gasteiger partial charge < -0.3 is 9.25 Å². The minimum Gasteiger partial charge on any atom is -0.455 e. The van der Waals surface area contributed by atoms with E-state index in [0.717, 1.165) is 15.8 Å². The van der Waals surface area contributed by atoms with Crippen LogP contribution in [0.15, 0.2) is 74.7 Å². The van der Waals surface area contributed by atoms with Gasteiger partial charge in [0.05, 0.1) is 4.92 Å². The molecule has 0 aliphatic heterocycles. The molecule has 25 heavy (non-hydrogen) atoms. The molecule has 0 radical (unpaired) electrons. The van der Waals surface area contributed by atoms with Crippen LogP contribution in [0, 0.1) is 10.1 Å². The van der Waals surface area contributed by atoms with Crippen LogP contribution in [0.1, 0.15) is 11.3 Å². The highest BCUT2D eigenvalue weighted by Gasteiger charge is 2.06. The molecular formula is C18H13BrN2O4. The molecule has 0 spiro atoms. The lowest BCUT2D eigenvalue weighted by Gasteiger charge is -1.99. The second kappa shape index (κ2) is 7.76. The van der Waals surface area contributed by atoms with Crippen molar-refractivity contribution in [3.63, 3.8) is 0 Å². The summed E-state index contributed by atoms with van der Waals surface area (Å²) in [6.45, 7) is 0.137. The second-order valence-corrected chi connectivity index (χ2v) is 6.06. The third kappa shape index (κ3) is 4.54. The lowest BCUT2D eigenvalue weighted by Crippen LogP contribution is -1.92. The van der Waals surface area contributed by atoms with Crippen molar-refractivity contribution in [2.45, 2.75) is 6.61 Å². The normalized spacial score (nSPS) is 10.9. The van der Waals surface area contributed by atoms with Crippen LogP contribution in [0.4, 0.5) is 5.69 Å². The van der Waals surface area contributed by atoms with Gasteiger partial charge in [0, 0.05) is 22.2 Å². The fourth-order valence-corrected chi connectivity index (χ4v) is 2.42.